The normalized spacial score (nSPS) is 10.8. The summed E-state index contributed by atoms with van der Waals surface area (Å²) in [6.07, 6.45) is 3.57. The summed E-state index contributed by atoms with van der Waals surface area (Å²) < 4.78 is 5.42. The van der Waals surface area contributed by atoms with Crippen LogP contribution in [0.3, 0.4) is 0 Å². The highest BCUT2D eigenvalue weighted by Gasteiger charge is 2.17. The molecule has 0 aliphatic rings. The fourth-order valence-corrected chi connectivity index (χ4v) is 3.11. The van der Waals surface area contributed by atoms with Crippen molar-refractivity contribution in [3.63, 3.8) is 0 Å². The average molecular weight is 285 g/mol. The van der Waals surface area contributed by atoms with E-state index in [1.807, 2.05) is 19.1 Å². The first-order valence-electron chi connectivity index (χ1n) is 6.30. The Balaban J connectivity index is 2.12. The number of hydrogen-bond acceptors (Lipinski definition) is 4. The third kappa shape index (κ3) is 2.10. The summed E-state index contributed by atoms with van der Waals surface area (Å²) in [5.41, 5.74) is 5.29. The van der Waals surface area contributed by atoms with Gasteiger partial charge in [0.1, 0.15) is 5.82 Å². The first kappa shape index (κ1) is 12.9. The second kappa shape index (κ2) is 5.09. The maximum absolute atomic E-state index is 5.42. The van der Waals surface area contributed by atoms with E-state index >= 15 is 0 Å². The number of aromatic amines is 1. The lowest BCUT2D eigenvalue weighted by molar-refractivity contribution is 0.428. The Bertz CT molecular complexity index is 731. The highest BCUT2D eigenvalue weighted by Crippen LogP contribution is 2.38. The molecular formula is C15H15N3OS. The third-order valence-electron chi connectivity index (χ3n) is 3.22. The van der Waals surface area contributed by atoms with Crippen LogP contribution in [-0.2, 0) is 0 Å². The number of ether oxygens (including phenoxy) is 1. The first-order valence-corrected chi connectivity index (χ1v) is 7.18. The number of thiophene rings is 1. The smallest absolute Gasteiger partial charge is 0.184 e. The molecule has 0 aromatic carbocycles. The van der Waals surface area contributed by atoms with Crippen molar-refractivity contribution in [1.82, 2.24) is 15.0 Å². The van der Waals surface area contributed by atoms with Crippen molar-refractivity contribution in [3.05, 3.63) is 41.2 Å². The van der Waals surface area contributed by atoms with Gasteiger partial charge in [0.05, 0.1) is 24.1 Å². The molecule has 0 spiro atoms. The average Bonchev–Trinajstić information content (AvgIpc) is 3.02. The Morgan fingerprint density at radius 2 is 1.95 bits per heavy atom. The molecule has 20 heavy (non-hydrogen) atoms. The molecule has 0 bridgehead atoms. The van der Waals surface area contributed by atoms with Gasteiger partial charge < -0.3 is 9.72 Å². The van der Waals surface area contributed by atoms with Crippen LogP contribution in [0.2, 0.25) is 0 Å². The maximum Gasteiger partial charge on any atom is 0.184 e. The summed E-state index contributed by atoms with van der Waals surface area (Å²) >= 11 is 1.59. The van der Waals surface area contributed by atoms with Gasteiger partial charge in [-0.3, -0.25) is 4.98 Å². The molecule has 1 N–H and O–H groups in total. The van der Waals surface area contributed by atoms with Crippen molar-refractivity contribution in [2.75, 3.05) is 7.11 Å². The second-order valence-corrected chi connectivity index (χ2v) is 5.41. The maximum atomic E-state index is 5.42. The van der Waals surface area contributed by atoms with Crippen LogP contribution in [0.25, 0.3) is 22.6 Å². The van der Waals surface area contributed by atoms with Crippen molar-refractivity contribution in [2.45, 2.75) is 13.8 Å². The van der Waals surface area contributed by atoms with Gasteiger partial charge in [-0.1, -0.05) is 0 Å². The molecule has 102 valence electrons. The van der Waals surface area contributed by atoms with Crippen LogP contribution in [0.15, 0.2) is 29.9 Å². The minimum Gasteiger partial charge on any atom is -0.487 e. The minimum atomic E-state index is 0.852. The van der Waals surface area contributed by atoms with Crippen molar-refractivity contribution in [2.24, 2.45) is 0 Å². The zero-order valence-electron chi connectivity index (χ0n) is 11.6. The summed E-state index contributed by atoms with van der Waals surface area (Å²) in [4.78, 5) is 12.1. The fraction of sp³-hybridized carbons (Fsp3) is 0.200. The summed E-state index contributed by atoms with van der Waals surface area (Å²) in [5.74, 6) is 0.852. The Morgan fingerprint density at radius 1 is 1.20 bits per heavy atom. The lowest BCUT2D eigenvalue weighted by atomic mass is 10.2. The summed E-state index contributed by atoms with van der Waals surface area (Å²) in [7, 11) is 1.69. The molecule has 3 aromatic rings. The molecule has 0 fully saturated rings. The highest BCUT2D eigenvalue weighted by atomic mass is 32.1. The molecule has 0 aliphatic carbocycles. The van der Waals surface area contributed by atoms with Gasteiger partial charge in [0, 0.05) is 18.0 Å². The topological polar surface area (TPSA) is 50.8 Å². The van der Waals surface area contributed by atoms with E-state index in [0.717, 1.165) is 33.4 Å². The van der Waals surface area contributed by atoms with E-state index in [2.05, 4.69) is 27.3 Å². The van der Waals surface area contributed by atoms with Crippen LogP contribution in [0.1, 0.15) is 11.3 Å². The first-order chi connectivity index (χ1) is 9.70. The molecule has 0 unspecified atom stereocenters. The standard InChI is InChI=1S/C15H15N3OS/c1-9-8-20-15(19-3)12(9)14-17-10(2)13(18-14)11-4-6-16-7-5-11/h4-8H,1-3H3,(H,17,18). The van der Waals surface area contributed by atoms with Crippen LogP contribution < -0.4 is 4.74 Å². The van der Waals surface area contributed by atoms with Crippen molar-refractivity contribution in [1.29, 1.82) is 0 Å². The molecule has 0 radical (unpaired) electrons. The zero-order valence-corrected chi connectivity index (χ0v) is 12.4. The van der Waals surface area contributed by atoms with Gasteiger partial charge >= 0.3 is 0 Å². The van der Waals surface area contributed by atoms with E-state index in [1.165, 1.54) is 5.56 Å². The molecule has 3 aromatic heterocycles. The number of nitrogens with zero attached hydrogens (tertiary/aromatic N) is 2. The van der Waals surface area contributed by atoms with Crippen LogP contribution in [-0.4, -0.2) is 22.1 Å². The zero-order chi connectivity index (χ0) is 14.1. The Labute approximate surface area is 121 Å². The summed E-state index contributed by atoms with van der Waals surface area (Å²) in [6.45, 7) is 4.07. The largest absolute Gasteiger partial charge is 0.487 e. The van der Waals surface area contributed by atoms with Gasteiger partial charge in [0.15, 0.2) is 5.06 Å². The summed E-state index contributed by atoms with van der Waals surface area (Å²) in [5, 5.41) is 2.97. The number of pyridine rings is 1. The lowest BCUT2D eigenvalue weighted by Gasteiger charge is -2.01. The predicted octanol–water partition coefficient (Wildman–Crippen LogP) is 3.83. The van der Waals surface area contributed by atoms with Gasteiger partial charge in [-0.05, 0) is 36.9 Å². The number of rotatable bonds is 3. The number of methoxy groups -OCH3 is 1. The summed E-state index contributed by atoms with van der Waals surface area (Å²) in [6, 6.07) is 3.95. The van der Waals surface area contributed by atoms with Gasteiger partial charge in [-0.25, -0.2) is 4.98 Å². The van der Waals surface area contributed by atoms with Gasteiger partial charge in [0.2, 0.25) is 0 Å². The second-order valence-electron chi connectivity index (χ2n) is 4.57. The van der Waals surface area contributed by atoms with E-state index < -0.39 is 0 Å². The number of nitrogens with one attached hydrogen (secondary N) is 1. The van der Waals surface area contributed by atoms with Crippen molar-refractivity contribution in [3.8, 4) is 27.7 Å². The Kier molecular flexibility index (Phi) is 3.28. The van der Waals surface area contributed by atoms with Gasteiger partial charge in [0.25, 0.3) is 0 Å². The highest BCUT2D eigenvalue weighted by molar-refractivity contribution is 7.12. The van der Waals surface area contributed by atoms with E-state index in [9.17, 15) is 0 Å². The molecular weight excluding hydrogens is 270 g/mol. The number of H-pyrrole nitrogens is 1. The molecule has 0 atom stereocenters. The van der Waals surface area contributed by atoms with Crippen LogP contribution in [0.4, 0.5) is 0 Å². The Hall–Kier alpha value is -2.14. The van der Waals surface area contributed by atoms with Crippen LogP contribution >= 0.6 is 11.3 Å². The SMILES string of the molecule is COc1scc(C)c1-c1nc(C)c(-c2ccncc2)[nH]1. The lowest BCUT2D eigenvalue weighted by Crippen LogP contribution is -1.86. The van der Waals surface area contributed by atoms with Crippen molar-refractivity contribution < 1.29 is 4.74 Å². The van der Waals surface area contributed by atoms with Gasteiger partial charge in [-0.15, -0.1) is 11.3 Å². The fourth-order valence-electron chi connectivity index (χ4n) is 2.23. The minimum absolute atomic E-state index is 0.852. The Morgan fingerprint density at radius 3 is 2.65 bits per heavy atom. The van der Waals surface area contributed by atoms with Crippen molar-refractivity contribution >= 4 is 11.3 Å². The molecule has 0 saturated heterocycles. The number of aromatic nitrogens is 3. The molecule has 0 amide bonds. The van der Waals surface area contributed by atoms with E-state index in [-0.39, 0.29) is 0 Å². The van der Waals surface area contributed by atoms with Gasteiger partial charge in [-0.2, -0.15) is 0 Å². The molecule has 4 nitrogen and oxygen atoms in total. The monoisotopic (exact) mass is 285 g/mol. The molecule has 0 saturated carbocycles. The van der Waals surface area contributed by atoms with E-state index in [1.54, 1.807) is 30.8 Å². The van der Waals surface area contributed by atoms with Crippen LogP contribution in [0.5, 0.6) is 5.06 Å². The molecule has 3 heterocycles. The van der Waals surface area contributed by atoms with E-state index in [0.29, 0.717) is 0 Å². The molecule has 5 heteroatoms. The number of aryl methyl sites for hydroxylation is 2. The molecule has 0 aliphatic heterocycles. The quantitative estimate of drug-likeness (QED) is 0.795. The van der Waals surface area contributed by atoms with Crippen LogP contribution in [0, 0.1) is 13.8 Å². The number of imidazole rings is 1. The predicted molar refractivity (Wildman–Crippen MR) is 81.2 cm³/mol. The third-order valence-corrected chi connectivity index (χ3v) is 4.27. The molecule has 3 rings (SSSR count). The number of hydrogen-bond donors (Lipinski definition) is 1. The van der Waals surface area contributed by atoms with E-state index in [4.69, 9.17) is 4.74 Å².